The van der Waals surface area contributed by atoms with E-state index in [1.165, 1.54) is 6.26 Å². The van der Waals surface area contributed by atoms with E-state index in [1.807, 2.05) is 0 Å². The third kappa shape index (κ3) is 2.13. The van der Waals surface area contributed by atoms with E-state index in [0.29, 0.717) is 5.45 Å². The van der Waals surface area contributed by atoms with Crippen molar-refractivity contribution in [2.24, 2.45) is 10.7 Å². The van der Waals surface area contributed by atoms with Crippen LogP contribution in [0.2, 0.25) is 0 Å². The van der Waals surface area contributed by atoms with Gasteiger partial charge in [0, 0.05) is 14.8 Å². The number of aliphatic imine (C=N–C) groups is 1. The molecule has 0 aromatic heterocycles. The summed E-state index contributed by atoms with van der Waals surface area (Å²) in [4.78, 5) is 18.3. The van der Waals surface area contributed by atoms with Gasteiger partial charge in [0.2, 0.25) is 0 Å². The molecule has 5 nitrogen and oxygen atoms in total. The number of allylic oxidation sites excluding steroid dienone is 1. The fourth-order valence-corrected chi connectivity index (χ4v) is 0.989. The van der Waals surface area contributed by atoms with Crippen molar-refractivity contribution in [3.8, 4) is 0 Å². The van der Waals surface area contributed by atoms with Crippen molar-refractivity contribution in [1.29, 1.82) is 0 Å². The molecular weight excluding hydrogens is 153 g/mol. The molecule has 0 fully saturated rings. The molecule has 0 saturated heterocycles. The first kappa shape index (κ1) is 7.18. The van der Waals surface area contributed by atoms with Gasteiger partial charge in [-0.2, -0.15) is 4.99 Å². The lowest BCUT2D eigenvalue weighted by molar-refractivity contribution is 0.211. The molecule has 6 heteroatoms. The zero-order valence-corrected chi connectivity index (χ0v) is 6.00. The summed E-state index contributed by atoms with van der Waals surface area (Å²) in [5.41, 5.74) is 5.39. The molecular formula is C4H6N3O2P. The van der Waals surface area contributed by atoms with E-state index in [4.69, 9.17) is 5.73 Å². The van der Waals surface area contributed by atoms with Gasteiger partial charge >= 0.3 is 6.03 Å². The Labute approximate surface area is 59.1 Å². The van der Waals surface area contributed by atoms with Gasteiger partial charge in [-0.25, -0.2) is 4.79 Å². The lowest BCUT2D eigenvalue weighted by Gasteiger charge is -2.06. The van der Waals surface area contributed by atoms with Crippen molar-refractivity contribution >= 4 is 20.2 Å². The van der Waals surface area contributed by atoms with Crippen LogP contribution >= 0.6 is 8.73 Å². The third-order valence-corrected chi connectivity index (χ3v) is 1.52. The molecule has 1 heterocycles. The zero-order valence-electron chi connectivity index (χ0n) is 5.00. The fraction of sp³-hybridized carbons (Fsp3) is 0. The first-order valence-electron chi connectivity index (χ1n) is 2.50. The number of primary amides is 1. The summed E-state index contributed by atoms with van der Waals surface area (Å²) in [7, 11) is 0.176. The number of nitrogens with zero attached hydrogens (tertiary/aromatic N) is 1. The molecule has 1 rings (SSSR count). The normalized spacial score (nSPS) is 23.0. The molecule has 0 spiro atoms. The van der Waals surface area contributed by atoms with E-state index >= 15 is 0 Å². The van der Waals surface area contributed by atoms with E-state index in [-0.39, 0.29) is 8.73 Å². The van der Waals surface area contributed by atoms with Crippen LogP contribution in [0.4, 0.5) is 4.79 Å². The topological polar surface area (TPSA) is 76.7 Å². The smallest absolute Gasteiger partial charge is 0.338 e. The van der Waals surface area contributed by atoms with E-state index in [0.717, 1.165) is 0 Å². The van der Waals surface area contributed by atoms with E-state index in [9.17, 15) is 4.79 Å². The van der Waals surface area contributed by atoms with Gasteiger partial charge in [0.1, 0.15) is 6.26 Å². The molecule has 1 unspecified atom stereocenters. The standard InChI is InChI=1S/C4H6N3O2P/c5-4(8)6-3-1-2-9-7-10-3/h1-2,7,10H,(H2,5,8)/b6-3-. The molecule has 1 aliphatic heterocycles. The van der Waals surface area contributed by atoms with Crippen molar-refractivity contribution in [3.05, 3.63) is 12.3 Å². The van der Waals surface area contributed by atoms with Gasteiger partial charge in [0.25, 0.3) is 0 Å². The average molecular weight is 159 g/mol. The quantitative estimate of drug-likeness (QED) is 0.492. The minimum absolute atomic E-state index is 0.176. The summed E-state index contributed by atoms with van der Waals surface area (Å²) in [6.45, 7) is 0. The Hall–Kier alpha value is -0.930. The molecule has 0 aliphatic carbocycles. The zero-order chi connectivity index (χ0) is 7.40. The van der Waals surface area contributed by atoms with Crippen LogP contribution in [0.5, 0.6) is 0 Å². The Kier molecular flexibility index (Phi) is 2.36. The molecule has 0 saturated carbocycles. The molecule has 0 radical (unpaired) electrons. The van der Waals surface area contributed by atoms with Crippen molar-refractivity contribution in [1.82, 2.24) is 5.25 Å². The number of amides is 2. The molecule has 2 amide bonds. The first-order chi connectivity index (χ1) is 4.79. The van der Waals surface area contributed by atoms with Gasteiger partial charge < -0.3 is 10.6 Å². The lowest BCUT2D eigenvalue weighted by atomic mass is 10.7. The highest BCUT2D eigenvalue weighted by atomic mass is 31.1. The largest absolute Gasteiger partial charge is 0.413 e. The summed E-state index contributed by atoms with van der Waals surface area (Å²) in [6.07, 6.45) is 2.98. The third-order valence-electron chi connectivity index (χ3n) is 0.763. The summed E-state index contributed by atoms with van der Waals surface area (Å²) < 4.78 is 0. The van der Waals surface area contributed by atoms with Crippen LogP contribution in [0.25, 0.3) is 0 Å². The number of rotatable bonds is 0. The van der Waals surface area contributed by atoms with Crippen LogP contribution in [0, 0.1) is 0 Å². The van der Waals surface area contributed by atoms with Crippen LogP contribution in [0.15, 0.2) is 17.3 Å². The molecule has 1 atom stereocenters. The average Bonchev–Trinajstić information content (AvgIpc) is 1.88. The number of hydrogen-bond acceptors (Lipinski definition) is 3. The van der Waals surface area contributed by atoms with Crippen LogP contribution in [0.1, 0.15) is 0 Å². The van der Waals surface area contributed by atoms with E-state index < -0.39 is 6.03 Å². The maximum absolute atomic E-state index is 10.2. The summed E-state index contributed by atoms with van der Waals surface area (Å²) in [6, 6.07) is -0.684. The molecule has 10 heavy (non-hydrogen) atoms. The second-order valence-corrected chi connectivity index (χ2v) is 2.45. The highest BCUT2D eigenvalue weighted by Gasteiger charge is 2.00. The van der Waals surface area contributed by atoms with Crippen LogP contribution in [-0.2, 0) is 4.84 Å². The Morgan fingerprint density at radius 1 is 1.90 bits per heavy atom. The number of nitrogens with two attached hydrogens (primary N) is 1. The second kappa shape index (κ2) is 3.29. The summed E-state index contributed by atoms with van der Waals surface area (Å²) in [5.74, 6) is 0. The molecule has 1 aliphatic rings. The molecule has 0 aromatic rings. The van der Waals surface area contributed by atoms with E-state index in [1.54, 1.807) is 6.08 Å². The summed E-state index contributed by atoms with van der Waals surface area (Å²) >= 11 is 0. The second-order valence-electron chi connectivity index (χ2n) is 1.48. The monoisotopic (exact) mass is 159 g/mol. The van der Waals surface area contributed by atoms with Gasteiger partial charge in [-0.15, -0.1) is 5.25 Å². The van der Waals surface area contributed by atoms with Gasteiger partial charge in [-0.3, -0.25) is 0 Å². The Morgan fingerprint density at radius 3 is 3.20 bits per heavy atom. The molecule has 54 valence electrons. The van der Waals surface area contributed by atoms with Gasteiger partial charge in [0.15, 0.2) is 0 Å². The van der Waals surface area contributed by atoms with E-state index in [2.05, 4.69) is 15.1 Å². The lowest BCUT2D eigenvalue weighted by Crippen LogP contribution is -2.11. The minimum atomic E-state index is -0.684. The number of hydrogen-bond donors (Lipinski definition) is 2. The van der Waals surface area contributed by atoms with Crippen molar-refractivity contribution < 1.29 is 9.63 Å². The summed E-state index contributed by atoms with van der Waals surface area (Å²) in [5, 5.41) is 2.54. The van der Waals surface area contributed by atoms with Gasteiger partial charge in [-0.1, -0.05) is 0 Å². The molecule has 0 aromatic carbocycles. The highest BCUT2D eigenvalue weighted by Crippen LogP contribution is 2.12. The minimum Gasteiger partial charge on any atom is -0.413 e. The van der Waals surface area contributed by atoms with Crippen LogP contribution < -0.4 is 11.0 Å². The van der Waals surface area contributed by atoms with Crippen molar-refractivity contribution in [2.45, 2.75) is 0 Å². The molecule has 0 bridgehead atoms. The number of urea groups is 1. The number of nitrogens with one attached hydrogen (secondary N) is 1. The van der Waals surface area contributed by atoms with Crippen LogP contribution in [0.3, 0.4) is 0 Å². The fourth-order valence-electron chi connectivity index (χ4n) is 0.440. The number of carbonyl (C=O) groups excluding carboxylic acids is 1. The molecule has 3 N–H and O–H groups in total. The maximum Gasteiger partial charge on any atom is 0.338 e. The van der Waals surface area contributed by atoms with Gasteiger partial charge in [-0.05, 0) is 0 Å². The highest BCUT2D eigenvalue weighted by molar-refractivity contribution is 7.57. The Bertz CT molecular complexity index is 201. The van der Waals surface area contributed by atoms with Crippen molar-refractivity contribution in [3.63, 3.8) is 0 Å². The first-order valence-corrected chi connectivity index (χ1v) is 3.50. The predicted molar refractivity (Wildman–Crippen MR) is 38.7 cm³/mol. The number of carbonyl (C=O) groups is 1. The predicted octanol–water partition coefficient (Wildman–Crippen LogP) is 0.106. The van der Waals surface area contributed by atoms with Gasteiger partial charge in [0.05, 0.1) is 5.45 Å². The Balaban J connectivity index is 2.62. The SMILES string of the molecule is NC(=O)/N=C1/C=CONP1. The maximum atomic E-state index is 10.2. The van der Waals surface area contributed by atoms with Crippen LogP contribution in [-0.4, -0.2) is 11.5 Å². The Morgan fingerprint density at radius 2 is 2.70 bits per heavy atom. The van der Waals surface area contributed by atoms with Crippen molar-refractivity contribution in [2.75, 3.05) is 0 Å².